The van der Waals surface area contributed by atoms with Gasteiger partial charge < -0.3 is 15.4 Å². The highest BCUT2D eigenvalue weighted by Gasteiger charge is 2.37. The molecule has 18 heavy (non-hydrogen) atoms. The molecule has 0 radical (unpaired) electrons. The fourth-order valence-corrected chi connectivity index (χ4v) is 3.03. The van der Waals surface area contributed by atoms with Crippen LogP contribution in [0.15, 0.2) is 0 Å². The van der Waals surface area contributed by atoms with Crippen molar-refractivity contribution in [3.8, 4) is 0 Å². The van der Waals surface area contributed by atoms with Crippen molar-refractivity contribution in [2.45, 2.75) is 51.5 Å². The molecule has 0 bridgehead atoms. The average molecular weight is 254 g/mol. The van der Waals surface area contributed by atoms with Gasteiger partial charge >= 0.3 is 6.03 Å². The molecule has 2 aliphatic rings. The van der Waals surface area contributed by atoms with E-state index in [1.165, 1.54) is 19.3 Å². The van der Waals surface area contributed by atoms with Crippen molar-refractivity contribution in [1.82, 2.24) is 10.6 Å². The molecule has 0 aromatic rings. The molecular weight excluding hydrogens is 228 g/mol. The lowest BCUT2D eigenvalue weighted by atomic mass is 9.67. The normalized spacial score (nSPS) is 29.0. The number of methoxy groups -OCH3 is 1. The molecule has 0 spiro atoms. The summed E-state index contributed by atoms with van der Waals surface area (Å²) < 4.78 is 5.15. The number of carbonyl (C=O) groups excluding carboxylic acids is 1. The first-order valence-corrected chi connectivity index (χ1v) is 7.17. The third-order valence-electron chi connectivity index (χ3n) is 4.58. The number of ether oxygens (including phenoxy) is 1. The summed E-state index contributed by atoms with van der Waals surface area (Å²) in [5, 5.41) is 6.09. The van der Waals surface area contributed by atoms with E-state index in [0.717, 1.165) is 38.3 Å². The van der Waals surface area contributed by atoms with Crippen LogP contribution in [0.5, 0.6) is 0 Å². The maximum Gasteiger partial charge on any atom is 0.315 e. The number of amides is 2. The van der Waals surface area contributed by atoms with Crippen molar-refractivity contribution < 1.29 is 9.53 Å². The summed E-state index contributed by atoms with van der Waals surface area (Å²) in [6.45, 7) is 3.82. The van der Waals surface area contributed by atoms with Crippen LogP contribution >= 0.6 is 0 Å². The van der Waals surface area contributed by atoms with Gasteiger partial charge in [0.1, 0.15) is 0 Å². The molecule has 0 aromatic carbocycles. The molecule has 2 fully saturated rings. The Hall–Kier alpha value is -0.770. The lowest BCUT2D eigenvalue weighted by Gasteiger charge is -2.42. The summed E-state index contributed by atoms with van der Waals surface area (Å²) in [5.41, 5.74) is 0.306. The van der Waals surface area contributed by atoms with E-state index in [-0.39, 0.29) is 6.03 Å². The monoisotopic (exact) mass is 254 g/mol. The molecule has 0 heterocycles. The maximum absolute atomic E-state index is 11.8. The molecular formula is C14H26N2O2. The predicted octanol–water partition coefficient (Wildman–Crippen LogP) is 2.29. The van der Waals surface area contributed by atoms with Gasteiger partial charge in [0.15, 0.2) is 0 Å². The Morgan fingerprint density at radius 1 is 1.39 bits per heavy atom. The summed E-state index contributed by atoms with van der Waals surface area (Å²) in [6.07, 6.45) is 7.04. The van der Waals surface area contributed by atoms with E-state index >= 15 is 0 Å². The molecule has 104 valence electrons. The fourth-order valence-electron chi connectivity index (χ4n) is 3.03. The van der Waals surface area contributed by atoms with E-state index in [0.29, 0.717) is 11.5 Å². The second kappa shape index (κ2) is 5.91. The molecule has 0 saturated heterocycles. The Morgan fingerprint density at radius 2 is 2.11 bits per heavy atom. The summed E-state index contributed by atoms with van der Waals surface area (Å²) in [7, 11) is 1.74. The van der Waals surface area contributed by atoms with Crippen LogP contribution in [0.2, 0.25) is 0 Å². The van der Waals surface area contributed by atoms with Crippen LogP contribution in [0.3, 0.4) is 0 Å². The van der Waals surface area contributed by atoms with Gasteiger partial charge in [-0.05, 0) is 43.4 Å². The number of hydrogen-bond donors (Lipinski definition) is 2. The summed E-state index contributed by atoms with van der Waals surface area (Å²) >= 11 is 0. The molecule has 0 atom stereocenters. The van der Waals surface area contributed by atoms with Crippen LogP contribution in [0.25, 0.3) is 0 Å². The predicted molar refractivity (Wildman–Crippen MR) is 71.5 cm³/mol. The van der Waals surface area contributed by atoms with Gasteiger partial charge in [-0.1, -0.05) is 13.3 Å². The zero-order chi connectivity index (χ0) is 13.0. The number of nitrogens with one attached hydrogen (secondary N) is 2. The highest BCUT2D eigenvalue weighted by atomic mass is 16.5. The molecule has 2 saturated carbocycles. The number of rotatable bonds is 6. The largest absolute Gasteiger partial charge is 0.385 e. The lowest BCUT2D eigenvalue weighted by Crippen LogP contribution is -2.51. The van der Waals surface area contributed by atoms with Gasteiger partial charge in [-0.2, -0.15) is 0 Å². The Labute approximate surface area is 110 Å². The Balaban J connectivity index is 1.64. The number of urea groups is 1. The molecule has 4 nitrogen and oxygen atoms in total. The maximum atomic E-state index is 11.8. The first-order chi connectivity index (χ1) is 8.63. The van der Waals surface area contributed by atoms with Crippen molar-refractivity contribution in [3.05, 3.63) is 0 Å². The minimum Gasteiger partial charge on any atom is -0.385 e. The zero-order valence-corrected chi connectivity index (χ0v) is 11.6. The minimum atomic E-state index is 0.00981. The van der Waals surface area contributed by atoms with E-state index < -0.39 is 0 Å². The summed E-state index contributed by atoms with van der Waals surface area (Å²) in [6, 6.07) is 0.409. The second-order valence-electron chi connectivity index (χ2n) is 6.20. The van der Waals surface area contributed by atoms with Crippen molar-refractivity contribution in [1.29, 1.82) is 0 Å². The highest BCUT2D eigenvalue weighted by Crippen LogP contribution is 2.43. The van der Waals surface area contributed by atoms with Gasteiger partial charge in [0.05, 0.1) is 0 Å². The van der Waals surface area contributed by atoms with Crippen LogP contribution in [0.4, 0.5) is 4.79 Å². The second-order valence-corrected chi connectivity index (χ2v) is 6.20. The Kier molecular flexibility index (Phi) is 4.49. The Morgan fingerprint density at radius 3 is 2.61 bits per heavy atom. The van der Waals surface area contributed by atoms with Crippen LogP contribution in [0, 0.1) is 11.3 Å². The molecule has 2 amide bonds. The minimum absolute atomic E-state index is 0.00981. The van der Waals surface area contributed by atoms with Gasteiger partial charge in [-0.15, -0.1) is 0 Å². The van der Waals surface area contributed by atoms with Crippen molar-refractivity contribution in [3.63, 3.8) is 0 Å². The van der Waals surface area contributed by atoms with Gasteiger partial charge in [0, 0.05) is 26.3 Å². The third kappa shape index (κ3) is 3.37. The molecule has 2 rings (SSSR count). The summed E-state index contributed by atoms with van der Waals surface area (Å²) in [4.78, 5) is 11.8. The van der Waals surface area contributed by atoms with Gasteiger partial charge in [0.25, 0.3) is 0 Å². The Bertz CT molecular complexity index is 284. The molecule has 2 aliphatic carbocycles. The molecule has 4 heteroatoms. The van der Waals surface area contributed by atoms with E-state index in [4.69, 9.17) is 4.74 Å². The van der Waals surface area contributed by atoms with Crippen LogP contribution in [0.1, 0.15) is 45.4 Å². The van der Waals surface area contributed by atoms with E-state index in [2.05, 4.69) is 17.6 Å². The van der Waals surface area contributed by atoms with Crippen LogP contribution in [-0.2, 0) is 4.74 Å². The molecule has 0 unspecified atom stereocenters. The molecule has 0 aromatic heterocycles. The van der Waals surface area contributed by atoms with Crippen LogP contribution in [-0.4, -0.2) is 32.3 Å². The van der Waals surface area contributed by atoms with Gasteiger partial charge in [-0.25, -0.2) is 4.79 Å². The van der Waals surface area contributed by atoms with E-state index in [9.17, 15) is 4.79 Å². The van der Waals surface area contributed by atoms with Crippen molar-refractivity contribution in [2.75, 3.05) is 20.3 Å². The highest BCUT2D eigenvalue weighted by molar-refractivity contribution is 5.74. The van der Waals surface area contributed by atoms with Crippen molar-refractivity contribution in [2.24, 2.45) is 11.3 Å². The van der Waals surface area contributed by atoms with E-state index in [1.807, 2.05) is 0 Å². The third-order valence-corrected chi connectivity index (χ3v) is 4.58. The SMILES string of the molecule is COCCC1(CNC(=O)NC2CC(C)C2)CCC1. The lowest BCUT2D eigenvalue weighted by molar-refractivity contribution is 0.0708. The molecule has 0 aliphatic heterocycles. The van der Waals surface area contributed by atoms with Crippen LogP contribution < -0.4 is 10.6 Å². The smallest absolute Gasteiger partial charge is 0.315 e. The van der Waals surface area contributed by atoms with Crippen molar-refractivity contribution >= 4 is 6.03 Å². The summed E-state index contributed by atoms with van der Waals surface area (Å²) in [5.74, 6) is 0.773. The average Bonchev–Trinajstić information content (AvgIpc) is 2.25. The quantitative estimate of drug-likeness (QED) is 0.764. The topological polar surface area (TPSA) is 50.4 Å². The zero-order valence-electron chi connectivity index (χ0n) is 11.6. The number of carbonyl (C=O) groups is 1. The van der Waals surface area contributed by atoms with Gasteiger partial charge in [0.2, 0.25) is 0 Å². The standard InChI is InChI=1S/C14H26N2O2/c1-11-8-12(9-11)16-13(17)15-10-14(4-3-5-14)6-7-18-2/h11-12H,3-10H2,1-2H3,(H2,15,16,17). The van der Waals surface area contributed by atoms with E-state index in [1.54, 1.807) is 7.11 Å². The van der Waals surface area contributed by atoms with Gasteiger partial charge in [-0.3, -0.25) is 0 Å². The first-order valence-electron chi connectivity index (χ1n) is 7.17. The fraction of sp³-hybridized carbons (Fsp3) is 0.929. The number of hydrogen-bond acceptors (Lipinski definition) is 2. The first kappa shape index (κ1) is 13.7. The molecule has 2 N–H and O–H groups in total.